The van der Waals surface area contributed by atoms with Gasteiger partial charge in [-0.3, -0.25) is 0 Å². The van der Waals surface area contributed by atoms with Crippen LogP contribution in [0.15, 0.2) is 22.7 Å². The van der Waals surface area contributed by atoms with E-state index in [9.17, 15) is 4.79 Å². The molecule has 0 aromatic heterocycles. The van der Waals surface area contributed by atoms with E-state index < -0.39 is 5.60 Å². The van der Waals surface area contributed by atoms with Crippen molar-refractivity contribution >= 4 is 22.0 Å². The van der Waals surface area contributed by atoms with E-state index in [4.69, 9.17) is 9.47 Å². The number of hydrogen-bond donors (Lipinski definition) is 1. The molecule has 1 N–H and O–H groups in total. The van der Waals surface area contributed by atoms with Gasteiger partial charge in [-0.25, -0.2) is 4.79 Å². The van der Waals surface area contributed by atoms with Crippen molar-refractivity contribution in [1.82, 2.24) is 5.32 Å². The summed E-state index contributed by atoms with van der Waals surface area (Å²) < 4.78 is 12.2. The number of aryl methyl sites for hydroxylation is 1. The Bertz CT molecular complexity index is 519. The van der Waals surface area contributed by atoms with Crippen LogP contribution in [0, 0.1) is 6.92 Å². The van der Waals surface area contributed by atoms with Gasteiger partial charge >= 0.3 is 6.09 Å². The molecule has 0 saturated heterocycles. The first-order valence-electron chi connectivity index (χ1n) is 7.15. The van der Waals surface area contributed by atoms with Crippen molar-refractivity contribution in [1.29, 1.82) is 0 Å². The fourth-order valence-corrected chi connectivity index (χ4v) is 2.65. The number of amides is 1. The largest absolute Gasteiger partial charge is 0.490 e. The maximum Gasteiger partial charge on any atom is 0.407 e. The highest BCUT2D eigenvalue weighted by Crippen LogP contribution is 2.29. The van der Waals surface area contributed by atoms with Crippen LogP contribution in [0.4, 0.5) is 4.79 Å². The van der Waals surface area contributed by atoms with Gasteiger partial charge in [-0.15, -0.1) is 0 Å². The molecule has 116 valence electrons. The SMILES string of the molecule is Cc1cc(Br)ccc1O[C@H]1C[C@H](NC(=O)OC(C)(C)C)C1. The first-order chi connectivity index (χ1) is 9.73. The van der Waals surface area contributed by atoms with Crippen LogP contribution in [0.5, 0.6) is 5.75 Å². The zero-order chi connectivity index (χ0) is 15.6. The molecule has 0 spiro atoms. The minimum Gasteiger partial charge on any atom is -0.490 e. The van der Waals surface area contributed by atoms with Gasteiger partial charge in [-0.1, -0.05) is 15.9 Å². The molecule has 0 atom stereocenters. The summed E-state index contributed by atoms with van der Waals surface area (Å²) >= 11 is 3.44. The monoisotopic (exact) mass is 355 g/mol. The molecular formula is C16H22BrNO3. The second kappa shape index (κ2) is 6.26. The quantitative estimate of drug-likeness (QED) is 0.883. The van der Waals surface area contributed by atoms with Gasteiger partial charge in [0.1, 0.15) is 17.5 Å². The van der Waals surface area contributed by atoms with Gasteiger partial charge in [0, 0.05) is 23.4 Å². The number of halogens is 1. The molecule has 1 aliphatic rings. The zero-order valence-electron chi connectivity index (χ0n) is 12.9. The number of nitrogens with one attached hydrogen (secondary N) is 1. The Morgan fingerprint density at radius 2 is 2.00 bits per heavy atom. The van der Waals surface area contributed by atoms with Crippen molar-refractivity contribution < 1.29 is 14.3 Å². The summed E-state index contributed by atoms with van der Waals surface area (Å²) in [7, 11) is 0. The maximum atomic E-state index is 11.6. The molecule has 1 fully saturated rings. The third kappa shape index (κ3) is 4.92. The molecular weight excluding hydrogens is 334 g/mol. The van der Waals surface area contributed by atoms with Crippen LogP contribution in [0.3, 0.4) is 0 Å². The van der Waals surface area contributed by atoms with Gasteiger partial charge in [0.15, 0.2) is 0 Å². The summed E-state index contributed by atoms with van der Waals surface area (Å²) in [5.74, 6) is 0.902. The van der Waals surface area contributed by atoms with Crippen molar-refractivity contribution in [3.8, 4) is 5.75 Å². The van der Waals surface area contributed by atoms with Crippen molar-refractivity contribution in [3.05, 3.63) is 28.2 Å². The van der Waals surface area contributed by atoms with Crippen molar-refractivity contribution in [2.24, 2.45) is 0 Å². The van der Waals surface area contributed by atoms with Crippen LogP contribution in [0.2, 0.25) is 0 Å². The lowest BCUT2D eigenvalue weighted by molar-refractivity contribution is 0.0361. The van der Waals surface area contributed by atoms with Crippen LogP contribution >= 0.6 is 15.9 Å². The number of hydrogen-bond acceptors (Lipinski definition) is 3. The molecule has 0 heterocycles. The fraction of sp³-hybridized carbons (Fsp3) is 0.562. The number of alkyl carbamates (subject to hydrolysis) is 1. The van der Waals surface area contributed by atoms with E-state index in [1.807, 2.05) is 45.9 Å². The van der Waals surface area contributed by atoms with Gasteiger partial charge in [-0.2, -0.15) is 0 Å². The Balaban J connectivity index is 1.75. The molecule has 21 heavy (non-hydrogen) atoms. The number of rotatable bonds is 3. The van der Waals surface area contributed by atoms with Crippen molar-refractivity contribution in [3.63, 3.8) is 0 Å². The molecule has 2 rings (SSSR count). The first kappa shape index (κ1) is 16.1. The summed E-state index contributed by atoms with van der Waals surface area (Å²) in [6, 6.07) is 6.11. The van der Waals surface area contributed by atoms with E-state index in [2.05, 4.69) is 21.2 Å². The van der Waals surface area contributed by atoms with Gasteiger partial charge in [0.2, 0.25) is 0 Å². The molecule has 1 saturated carbocycles. The molecule has 0 radical (unpaired) electrons. The summed E-state index contributed by atoms with van der Waals surface area (Å²) in [6.07, 6.45) is 1.43. The average Bonchev–Trinajstić information content (AvgIpc) is 2.26. The molecule has 1 amide bonds. The van der Waals surface area contributed by atoms with Crippen LogP contribution in [0.1, 0.15) is 39.2 Å². The number of benzene rings is 1. The topological polar surface area (TPSA) is 47.6 Å². The van der Waals surface area contributed by atoms with Crippen LogP contribution < -0.4 is 10.1 Å². The van der Waals surface area contributed by atoms with Crippen LogP contribution in [-0.2, 0) is 4.74 Å². The number of carbonyl (C=O) groups excluding carboxylic acids is 1. The van der Waals surface area contributed by atoms with Crippen molar-refractivity contribution in [2.75, 3.05) is 0 Å². The molecule has 1 aliphatic carbocycles. The first-order valence-corrected chi connectivity index (χ1v) is 7.94. The van der Waals surface area contributed by atoms with E-state index in [-0.39, 0.29) is 18.2 Å². The summed E-state index contributed by atoms with van der Waals surface area (Å²) in [6.45, 7) is 7.59. The molecule has 4 nitrogen and oxygen atoms in total. The van der Waals surface area contributed by atoms with E-state index >= 15 is 0 Å². The second-order valence-electron chi connectivity index (χ2n) is 6.46. The lowest BCUT2D eigenvalue weighted by atomic mass is 9.89. The Hall–Kier alpha value is -1.23. The van der Waals surface area contributed by atoms with E-state index in [1.54, 1.807) is 0 Å². The Kier molecular flexibility index (Phi) is 4.81. The van der Waals surface area contributed by atoms with Gasteiger partial charge < -0.3 is 14.8 Å². The molecule has 1 aromatic carbocycles. The minimum absolute atomic E-state index is 0.139. The highest BCUT2D eigenvalue weighted by atomic mass is 79.9. The molecule has 1 aromatic rings. The van der Waals surface area contributed by atoms with Crippen LogP contribution in [-0.4, -0.2) is 23.8 Å². The van der Waals surface area contributed by atoms with Gasteiger partial charge in [0.25, 0.3) is 0 Å². The summed E-state index contributed by atoms with van der Waals surface area (Å²) in [5, 5.41) is 2.86. The van der Waals surface area contributed by atoms with E-state index in [0.717, 1.165) is 28.6 Å². The van der Waals surface area contributed by atoms with E-state index in [0.29, 0.717) is 0 Å². The highest BCUT2D eigenvalue weighted by Gasteiger charge is 2.33. The highest BCUT2D eigenvalue weighted by molar-refractivity contribution is 9.10. The number of carbonyl (C=O) groups is 1. The molecule has 0 aliphatic heterocycles. The summed E-state index contributed by atoms with van der Waals surface area (Å²) in [4.78, 5) is 11.6. The molecule has 0 unspecified atom stereocenters. The Morgan fingerprint density at radius 3 is 2.57 bits per heavy atom. The lowest BCUT2D eigenvalue weighted by Crippen LogP contribution is -2.50. The standard InChI is InChI=1S/C16H22BrNO3/c1-10-7-11(17)5-6-14(10)20-13-8-12(9-13)18-15(19)21-16(2,3)4/h5-7,12-13H,8-9H2,1-4H3,(H,18,19)/t12-,13-. The number of ether oxygens (including phenoxy) is 2. The van der Waals surface area contributed by atoms with Gasteiger partial charge in [0.05, 0.1) is 0 Å². The smallest absolute Gasteiger partial charge is 0.407 e. The summed E-state index contributed by atoms with van der Waals surface area (Å²) in [5.41, 5.74) is 0.645. The maximum absolute atomic E-state index is 11.6. The lowest BCUT2D eigenvalue weighted by Gasteiger charge is -2.36. The average molecular weight is 356 g/mol. The molecule has 0 bridgehead atoms. The van der Waals surface area contributed by atoms with E-state index in [1.165, 1.54) is 0 Å². The van der Waals surface area contributed by atoms with Crippen molar-refractivity contribution in [2.45, 2.75) is 58.3 Å². The predicted molar refractivity (Wildman–Crippen MR) is 85.7 cm³/mol. The minimum atomic E-state index is -0.460. The van der Waals surface area contributed by atoms with Gasteiger partial charge in [-0.05, 0) is 51.5 Å². The second-order valence-corrected chi connectivity index (χ2v) is 7.38. The third-order valence-corrected chi connectivity index (χ3v) is 3.74. The zero-order valence-corrected chi connectivity index (χ0v) is 14.5. The Morgan fingerprint density at radius 1 is 1.33 bits per heavy atom. The molecule has 5 heteroatoms. The Labute approximate surface area is 134 Å². The third-order valence-electron chi connectivity index (χ3n) is 3.25. The fourth-order valence-electron chi connectivity index (χ4n) is 2.18. The predicted octanol–water partition coefficient (Wildman–Crippen LogP) is 4.19. The normalized spacial score (nSPS) is 21.4. The van der Waals surface area contributed by atoms with Crippen LogP contribution in [0.25, 0.3) is 0 Å².